The molecule has 0 saturated carbocycles. The van der Waals surface area contributed by atoms with E-state index in [1.807, 2.05) is 12.3 Å². The van der Waals surface area contributed by atoms with Crippen molar-refractivity contribution in [1.82, 2.24) is 0 Å². The Morgan fingerprint density at radius 1 is 1.08 bits per heavy atom. The van der Waals surface area contributed by atoms with Gasteiger partial charge in [0.2, 0.25) is 0 Å². The van der Waals surface area contributed by atoms with Gasteiger partial charge in [0.15, 0.2) is 0 Å². The van der Waals surface area contributed by atoms with Crippen molar-refractivity contribution in [2.24, 2.45) is 0 Å². The van der Waals surface area contributed by atoms with Crippen LogP contribution in [0.5, 0.6) is 0 Å². The zero-order chi connectivity index (χ0) is 7.97. The van der Waals surface area contributed by atoms with Gasteiger partial charge < -0.3 is 0 Å². The molecule has 3 rings (SSSR count). The van der Waals surface area contributed by atoms with E-state index < -0.39 is 0 Å². The van der Waals surface area contributed by atoms with E-state index in [0.29, 0.717) is 0 Å². The van der Waals surface area contributed by atoms with Gasteiger partial charge in [-0.15, -0.1) is 11.3 Å². The van der Waals surface area contributed by atoms with Gasteiger partial charge in [-0.25, -0.2) is 4.42 Å². The van der Waals surface area contributed by atoms with E-state index in [4.69, 9.17) is 4.42 Å². The molecule has 0 fully saturated rings. The van der Waals surface area contributed by atoms with E-state index in [1.165, 1.54) is 20.2 Å². The standard InChI is InChI=1S/C9H5OS2/c1-2-10-3-8-6(1)7-4-11-5-9(7)12-8/h1-5H/q+1. The second-order valence-electron chi connectivity index (χ2n) is 2.59. The van der Waals surface area contributed by atoms with Crippen molar-refractivity contribution >= 4 is 42.8 Å². The Hall–Kier alpha value is -0.930. The molecule has 3 aromatic rings. The second kappa shape index (κ2) is 2.28. The Morgan fingerprint density at radius 3 is 3.08 bits per heavy atom. The summed E-state index contributed by atoms with van der Waals surface area (Å²) in [7, 11) is 0. The maximum absolute atomic E-state index is 5.10. The lowest BCUT2D eigenvalue weighted by Crippen LogP contribution is -1.58. The number of hydrogen-bond acceptors (Lipinski definition) is 2. The van der Waals surface area contributed by atoms with Crippen molar-refractivity contribution in [2.75, 3.05) is 0 Å². The first-order chi connectivity index (χ1) is 5.95. The SMILES string of the molecule is c1cc2c(c[o+]1)sc1cscc12. The monoisotopic (exact) mass is 193 g/mol. The minimum atomic E-state index is 1.23. The molecular weight excluding hydrogens is 188 g/mol. The third-order valence-corrected chi connectivity index (χ3v) is 3.88. The van der Waals surface area contributed by atoms with E-state index in [2.05, 4.69) is 10.8 Å². The Bertz CT molecular complexity index is 534. The number of hydrogen-bond donors (Lipinski definition) is 0. The van der Waals surface area contributed by atoms with E-state index in [1.54, 1.807) is 28.9 Å². The molecule has 58 valence electrons. The molecule has 0 amide bonds. The van der Waals surface area contributed by atoms with Crippen LogP contribution in [0.3, 0.4) is 0 Å². The molecule has 3 heteroatoms. The molecule has 1 nitrogen and oxygen atoms in total. The summed E-state index contributed by atoms with van der Waals surface area (Å²) in [5, 5.41) is 7.03. The van der Waals surface area contributed by atoms with Crippen LogP contribution in [0.2, 0.25) is 0 Å². The summed E-state index contributed by atoms with van der Waals surface area (Å²) >= 11 is 3.54. The molecule has 12 heavy (non-hydrogen) atoms. The third kappa shape index (κ3) is 0.750. The normalized spacial score (nSPS) is 11.3. The third-order valence-electron chi connectivity index (χ3n) is 1.89. The number of thiophene rings is 2. The van der Waals surface area contributed by atoms with Gasteiger partial charge in [0, 0.05) is 32.3 Å². The predicted octanol–water partition coefficient (Wildman–Crippen LogP) is 3.99. The average Bonchev–Trinajstić information content (AvgIpc) is 2.62. The van der Waals surface area contributed by atoms with Gasteiger partial charge in [-0.1, -0.05) is 0 Å². The van der Waals surface area contributed by atoms with Crippen LogP contribution in [0.4, 0.5) is 0 Å². The highest BCUT2D eigenvalue weighted by Gasteiger charge is 2.08. The van der Waals surface area contributed by atoms with Crippen LogP contribution in [0.1, 0.15) is 0 Å². The van der Waals surface area contributed by atoms with Crippen LogP contribution in [-0.4, -0.2) is 0 Å². The molecule has 0 N–H and O–H groups in total. The van der Waals surface area contributed by atoms with Crippen molar-refractivity contribution < 1.29 is 4.42 Å². The zero-order valence-corrected chi connectivity index (χ0v) is 7.74. The first-order valence-corrected chi connectivity index (χ1v) is 5.35. The summed E-state index contributed by atoms with van der Waals surface area (Å²) in [6.45, 7) is 0. The molecule has 0 aliphatic heterocycles. The van der Waals surface area contributed by atoms with Gasteiger partial charge in [-0.3, -0.25) is 0 Å². The average molecular weight is 193 g/mol. The Morgan fingerprint density at radius 2 is 2.08 bits per heavy atom. The first kappa shape index (κ1) is 6.57. The van der Waals surface area contributed by atoms with Gasteiger partial charge in [0.1, 0.15) is 4.70 Å². The van der Waals surface area contributed by atoms with Crippen molar-refractivity contribution in [3.63, 3.8) is 0 Å². The number of fused-ring (bicyclic) bond motifs is 3. The van der Waals surface area contributed by atoms with Crippen LogP contribution in [-0.2, 0) is 0 Å². The van der Waals surface area contributed by atoms with E-state index in [-0.39, 0.29) is 0 Å². The van der Waals surface area contributed by atoms with Gasteiger partial charge in [0.25, 0.3) is 0 Å². The summed E-state index contributed by atoms with van der Waals surface area (Å²) in [6.07, 6.45) is 3.54. The zero-order valence-electron chi connectivity index (χ0n) is 6.11. The second-order valence-corrected chi connectivity index (χ2v) is 4.41. The highest BCUT2D eigenvalue weighted by atomic mass is 32.1. The molecule has 0 bridgehead atoms. The van der Waals surface area contributed by atoms with Crippen molar-refractivity contribution in [3.8, 4) is 0 Å². The molecule has 0 atom stereocenters. The van der Waals surface area contributed by atoms with Gasteiger partial charge in [-0.05, 0) is 0 Å². The molecule has 0 unspecified atom stereocenters. The molecule has 0 radical (unpaired) electrons. The van der Waals surface area contributed by atoms with Gasteiger partial charge in [0.05, 0.1) is 0 Å². The van der Waals surface area contributed by atoms with Crippen molar-refractivity contribution in [3.05, 3.63) is 29.4 Å². The maximum atomic E-state index is 5.10. The molecule has 0 aliphatic rings. The lowest BCUT2D eigenvalue weighted by atomic mass is 10.3. The summed E-state index contributed by atoms with van der Waals surface area (Å²) in [5.41, 5.74) is 0. The fourth-order valence-electron chi connectivity index (χ4n) is 1.33. The number of rotatable bonds is 0. The largest absolute Gasteiger partial charge is 0.335 e. The molecular formula is C9H5OS2+. The smallest absolute Gasteiger partial charge is 0.223 e. The van der Waals surface area contributed by atoms with E-state index in [9.17, 15) is 0 Å². The Balaban J connectivity index is 2.68. The minimum absolute atomic E-state index is 1.23. The molecule has 0 aromatic carbocycles. The Kier molecular flexibility index (Phi) is 1.25. The fourth-order valence-corrected chi connectivity index (χ4v) is 3.38. The molecule has 0 saturated heterocycles. The highest BCUT2D eigenvalue weighted by Crippen LogP contribution is 2.35. The maximum Gasteiger partial charge on any atom is 0.335 e. The predicted molar refractivity (Wildman–Crippen MR) is 53.9 cm³/mol. The summed E-state index contributed by atoms with van der Waals surface area (Å²) in [4.78, 5) is 0. The lowest BCUT2D eigenvalue weighted by Gasteiger charge is -1.76. The van der Waals surface area contributed by atoms with Crippen LogP contribution in [0.25, 0.3) is 20.2 Å². The Labute approximate surface area is 76.9 Å². The molecule has 0 spiro atoms. The lowest BCUT2D eigenvalue weighted by molar-refractivity contribution is 0.558. The molecule has 3 heterocycles. The molecule has 3 aromatic heterocycles. The molecule has 0 aliphatic carbocycles. The fraction of sp³-hybridized carbons (Fsp3) is 0. The van der Waals surface area contributed by atoms with Crippen LogP contribution in [0.15, 0.2) is 33.8 Å². The summed E-state index contributed by atoms with van der Waals surface area (Å²) < 4.78 is 7.69. The van der Waals surface area contributed by atoms with Crippen LogP contribution >= 0.6 is 22.7 Å². The highest BCUT2D eigenvalue weighted by molar-refractivity contribution is 7.28. The van der Waals surface area contributed by atoms with Gasteiger partial charge >= 0.3 is 12.5 Å². The first-order valence-electron chi connectivity index (χ1n) is 3.59. The quantitative estimate of drug-likeness (QED) is 0.491. The van der Waals surface area contributed by atoms with E-state index in [0.717, 1.165) is 0 Å². The van der Waals surface area contributed by atoms with Crippen LogP contribution in [0, 0.1) is 0 Å². The van der Waals surface area contributed by atoms with Crippen molar-refractivity contribution in [1.29, 1.82) is 0 Å². The van der Waals surface area contributed by atoms with Crippen molar-refractivity contribution in [2.45, 2.75) is 0 Å². The topological polar surface area (TPSA) is 11.3 Å². The van der Waals surface area contributed by atoms with Gasteiger partial charge in [-0.2, -0.15) is 11.3 Å². The summed E-state index contributed by atoms with van der Waals surface area (Å²) in [5.74, 6) is 0. The summed E-state index contributed by atoms with van der Waals surface area (Å²) in [6, 6.07) is 2.03. The van der Waals surface area contributed by atoms with E-state index >= 15 is 0 Å². The minimum Gasteiger partial charge on any atom is -0.223 e. The van der Waals surface area contributed by atoms with Crippen LogP contribution < -0.4 is 0 Å².